The van der Waals surface area contributed by atoms with Crippen LogP contribution in [0.4, 0.5) is 22.0 Å². The van der Waals surface area contributed by atoms with Gasteiger partial charge in [-0.05, 0) is 42.3 Å². The van der Waals surface area contributed by atoms with Gasteiger partial charge in [0, 0.05) is 31.3 Å². The van der Waals surface area contributed by atoms with Crippen molar-refractivity contribution in [3.63, 3.8) is 0 Å². The first-order chi connectivity index (χ1) is 15.9. The Kier molecular flexibility index (Phi) is 7.76. The van der Waals surface area contributed by atoms with Crippen molar-refractivity contribution in [3.05, 3.63) is 53.5 Å². The van der Waals surface area contributed by atoms with E-state index in [1.807, 2.05) is 0 Å². The van der Waals surface area contributed by atoms with Crippen LogP contribution in [0.3, 0.4) is 0 Å². The molecular weight excluding hydrogens is 485 g/mol. The molecule has 1 N–H and O–H groups in total. The van der Waals surface area contributed by atoms with E-state index in [9.17, 15) is 35.2 Å². The molecule has 0 saturated carbocycles. The second-order valence-electron chi connectivity index (χ2n) is 7.66. The average Bonchev–Trinajstić information content (AvgIpc) is 3.18. The van der Waals surface area contributed by atoms with Crippen LogP contribution in [0.2, 0.25) is 0 Å². The molecule has 1 amide bonds. The van der Waals surface area contributed by atoms with Crippen LogP contribution in [-0.4, -0.2) is 55.2 Å². The molecule has 34 heavy (non-hydrogen) atoms. The number of carbonyl (C=O) groups is 1. The van der Waals surface area contributed by atoms with Gasteiger partial charge in [-0.2, -0.15) is 17.5 Å². The summed E-state index contributed by atoms with van der Waals surface area (Å²) in [6, 6.07) is 5.37. The third-order valence-corrected chi connectivity index (χ3v) is 6.94. The Balaban J connectivity index is 1.73. The summed E-state index contributed by atoms with van der Waals surface area (Å²) in [6.07, 6.45) is -6.12. The van der Waals surface area contributed by atoms with Crippen LogP contribution in [0.5, 0.6) is 5.88 Å². The molecule has 2 aromatic rings. The van der Waals surface area contributed by atoms with Crippen LogP contribution in [-0.2, 0) is 27.8 Å². The van der Waals surface area contributed by atoms with E-state index in [0.717, 1.165) is 28.6 Å². The minimum atomic E-state index is -4.55. The zero-order chi connectivity index (χ0) is 25.1. The summed E-state index contributed by atoms with van der Waals surface area (Å²) in [4.78, 5) is 16.4. The summed E-state index contributed by atoms with van der Waals surface area (Å²) in [6.45, 7) is -0.511. The minimum absolute atomic E-state index is 0.172. The molecule has 2 atom stereocenters. The van der Waals surface area contributed by atoms with Gasteiger partial charge >= 0.3 is 6.18 Å². The van der Waals surface area contributed by atoms with Crippen LogP contribution in [0, 0.1) is 5.82 Å². The SMILES string of the molecule is CCc1cc(CNC(=O)C2CC(F)CN2S(=O)(=O)c2ccc(F)cc2)cc(OCC(F)(F)F)n1. The number of pyridine rings is 1. The number of rotatable bonds is 8. The van der Waals surface area contributed by atoms with E-state index in [4.69, 9.17) is 0 Å². The maximum atomic E-state index is 14.1. The summed E-state index contributed by atoms with van der Waals surface area (Å²) in [7, 11) is -4.27. The average molecular weight is 507 g/mol. The normalized spacial score (nSPS) is 19.2. The van der Waals surface area contributed by atoms with Gasteiger partial charge in [-0.15, -0.1) is 0 Å². The summed E-state index contributed by atoms with van der Waals surface area (Å²) in [5.74, 6) is -1.70. The van der Waals surface area contributed by atoms with Gasteiger partial charge in [0.25, 0.3) is 0 Å². The van der Waals surface area contributed by atoms with E-state index >= 15 is 0 Å². The van der Waals surface area contributed by atoms with Gasteiger partial charge in [0.15, 0.2) is 6.61 Å². The number of ether oxygens (including phenoxy) is 1. The highest BCUT2D eigenvalue weighted by Crippen LogP contribution is 2.28. The number of hydrogen-bond donors (Lipinski definition) is 1. The molecule has 1 aliphatic rings. The monoisotopic (exact) mass is 507 g/mol. The lowest BCUT2D eigenvalue weighted by Crippen LogP contribution is -2.45. The first-order valence-corrected chi connectivity index (χ1v) is 11.7. The number of nitrogens with one attached hydrogen (secondary N) is 1. The predicted molar refractivity (Wildman–Crippen MR) is 111 cm³/mol. The van der Waals surface area contributed by atoms with Crippen molar-refractivity contribution in [1.29, 1.82) is 0 Å². The number of benzene rings is 1. The number of halogens is 5. The first-order valence-electron chi connectivity index (χ1n) is 10.3. The Morgan fingerprint density at radius 1 is 1.24 bits per heavy atom. The number of amides is 1. The van der Waals surface area contributed by atoms with E-state index in [1.165, 1.54) is 6.07 Å². The van der Waals surface area contributed by atoms with Crippen molar-refractivity contribution in [1.82, 2.24) is 14.6 Å². The van der Waals surface area contributed by atoms with Crippen LogP contribution in [0.25, 0.3) is 0 Å². The molecule has 1 aromatic heterocycles. The number of hydrogen-bond acceptors (Lipinski definition) is 5. The van der Waals surface area contributed by atoms with Crippen molar-refractivity contribution in [3.8, 4) is 5.88 Å². The fourth-order valence-corrected chi connectivity index (χ4v) is 5.07. The zero-order valence-corrected chi connectivity index (χ0v) is 18.8. The topological polar surface area (TPSA) is 88.6 Å². The van der Waals surface area contributed by atoms with Crippen molar-refractivity contribution in [2.24, 2.45) is 0 Å². The summed E-state index contributed by atoms with van der Waals surface area (Å²) >= 11 is 0. The molecule has 1 saturated heterocycles. The van der Waals surface area contributed by atoms with Gasteiger partial charge in [0.2, 0.25) is 21.8 Å². The first kappa shape index (κ1) is 25.8. The number of nitrogens with zero attached hydrogens (tertiary/aromatic N) is 2. The number of aromatic nitrogens is 1. The lowest BCUT2D eigenvalue weighted by molar-refractivity contribution is -0.154. The third-order valence-electron chi connectivity index (χ3n) is 5.05. The van der Waals surface area contributed by atoms with Gasteiger partial charge in [0.05, 0.1) is 4.90 Å². The maximum absolute atomic E-state index is 14.1. The second kappa shape index (κ2) is 10.2. The lowest BCUT2D eigenvalue weighted by atomic mass is 10.1. The fraction of sp³-hybridized carbons (Fsp3) is 0.429. The molecule has 7 nitrogen and oxygen atoms in total. The third kappa shape index (κ3) is 6.41. The number of aryl methyl sites for hydroxylation is 1. The Morgan fingerprint density at radius 2 is 1.91 bits per heavy atom. The van der Waals surface area contributed by atoms with Crippen LogP contribution < -0.4 is 10.1 Å². The van der Waals surface area contributed by atoms with E-state index in [0.29, 0.717) is 17.7 Å². The van der Waals surface area contributed by atoms with Gasteiger partial charge in [-0.25, -0.2) is 22.2 Å². The van der Waals surface area contributed by atoms with Crippen molar-refractivity contribution >= 4 is 15.9 Å². The highest BCUT2D eigenvalue weighted by Gasteiger charge is 2.44. The van der Waals surface area contributed by atoms with Gasteiger partial charge in [-0.1, -0.05) is 6.92 Å². The Labute approximate surface area is 193 Å². The van der Waals surface area contributed by atoms with E-state index in [1.54, 1.807) is 13.0 Å². The molecule has 1 fully saturated rings. The fourth-order valence-electron chi connectivity index (χ4n) is 3.44. The van der Waals surface area contributed by atoms with Crippen LogP contribution in [0.15, 0.2) is 41.3 Å². The molecule has 1 aliphatic heterocycles. The van der Waals surface area contributed by atoms with Crippen molar-refractivity contribution < 1.29 is 39.9 Å². The predicted octanol–water partition coefficient (Wildman–Crippen LogP) is 3.14. The molecular formula is C21H22F5N3O4S. The summed E-state index contributed by atoms with van der Waals surface area (Å²) < 4.78 is 95.8. The molecule has 1 aromatic carbocycles. The Hall–Kier alpha value is -2.80. The molecule has 0 bridgehead atoms. The van der Waals surface area contributed by atoms with Gasteiger partial charge < -0.3 is 10.1 Å². The van der Waals surface area contributed by atoms with Crippen molar-refractivity contribution in [2.45, 2.75) is 49.6 Å². The summed E-state index contributed by atoms with van der Waals surface area (Å²) in [5.41, 5.74) is 0.800. The number of carbonyl (C=O) groups excluding carboxylic acids is 1. The highest BCUT2D eigenvalue weighted by atomic mass is 32.2. The van der Waals surface area contributed by atoms with E-state index in [2.05, 4.69) is 15.0 Å². The molecule has 2 heterocycles. The van der Waals surface area contributed by atoms with Crippen molar-refractivity contribution in [2.75, 3.05) is 13.2 Å². The molecule has 13 heteroatoms. The maximum Gasteiger partial charge on any atom is 0.422 e. The smallest absolute Gasteiger partial charge is 0.422 e. The summed E-state index contributed by atoms with van der Waals surface area (Å²) in [5, 5.41) is 2.50. The Morgan fingerprint density at radius 3 is 2.53 bits per heavy atom. The molecule has 186 valence electrons. The van der Waals surface area contributed by atoms with E-state index in [-0.39, 0.29) is 23.7 Å². The van der Waals surface area contributed by atoms with Gasteiger partial charge in [0.1, 0.15) is 18.0 Å². The van der Waals surface area contributed by atoms with E-state index < -0.39 is 53.3 Å². The Bertz CT molecular complexity index is 1130. The molecule has 2 unspecified atom stereocenters. The quantitative estimate of drug-likeness (QED) is 0.555. The molecule has 3 rings (SSSR count). The molecule has 0 aliphatic carbocycles. The van der Waals surface area contributed by atoms with Crippen LogP contribution >= 0.6 is 0 Å². The lowest BCUT2D eigenvalue weighted by Gasteiger charge is -2.23. The minimum Gasteiger partial charge on any atom is -0.468 e. The van der Waals surface area contributed by atoms with Crippen LogP contribution in [0.1, 0.15) is 24.6 Å². The highest BCUT2D eigenvalue weighted by molar-refractivity contribution is 7.89. The molecule has 0 radical (unpaired) electrons. The second-order valence-corrected chi connectivity index (χ2v) is 9.55. The number of sulfonamides is 1. The molecule has 0 spiro atoms. The largest absolute Gasteiger partial charge is 0.468 e. The number of alkyl halides is 4. The zero-order valence-electron chi connectivity index (χ0n) is 18.0. The van der Waals surface area contributed by atoms with Gasteiger partial charge in [-0.3, -0.25) is 4.79 Å². The standard InChI is InChI=1S/C21H22F5N3O4S/c1-2-16-7-13(8-19(28-16)33-12-21(24,25)26)10-27-20(30)18-9-15(23)11-29(18)34(31,32)17-5-3-14(22)4-6-17/h3-8,15,18H,2,9-12H2,1H3,(H,27,30).